The van der Waals surface area contributed by atoms with Crippen molar-refractivity contribution in [1.29, 1.82) is 5.26 Å². The molecule has 0 saturated heterocycles. The van der Waals surface area contributed by atoms with Crippen LogP contribution in [-0.4, -0.2) is 18.4 Å². The Bertz CT molecular complexity index is 1240. The van der Waals surface area contributed by atoms with Crippen LogP contribution >= 0.6 is 45.8 Å². The van der Waals surface area contributed by atoms with Crippen molar-refractivity contribution in [3.05, 3.63) is 91.5 Å². The van der Waals surface area contributed by atoms with Crippen molar-refractivity contribution in [1.82, 2.24) is 0 Å². The number of ether oxygens (including phenoxy) is 1. The van der Waals surface area contributed by atoms with Gasteiger partial charge in [-0.2, -0.15) is 5.26 Å². The highest BCUT2D eigenvalue weighted by molar-refractivity contribution is 14.1. The summed E-state index contributed by atoms with van der Waals surface area (Å²) in [5, 5.41) is 15.5. The molecule has 2 N–H and O–H groups in total. The quantitative estimate of drug-likeness (QED) is 0.195. The van der Waals surface area contributed by atoms with Crippen molar-refractivity contribution in [2.24, 2.45) is 0 Å². The van der Waals surface area contributed by atoms with E-state index < -0.39 is 11.8 Å². The van der Waals surface area contributed by atoms with Crippen molar-refractivity contribution >= 4 is 75.1 Å². The summed E-state index contributed by atoms with van der Waals surface area (Å²) in [6.45, 7) is -0.236. The molecule has 0 radical (unpaired) electrons. The van der Waals surface area contributed by atoms with E-state index in [9.17, 15) is 14.9 Å². The topological polar surface area (TPSA) is 91.2 Å². The van der Waals surface area contributed by atoms with Gasteiger partial charge < -0.3 is 15.4 Å². The number of benzene rings is 3. The number of nitrogens with zero attached hydrogens (tertiary/aromatic N) is 1. The van der Waals surface area contributed by atoms with Gasteiger partial charge in [0.15, 0.2) is 6.61 Å². The first kappa shape index (κ1) is 24.6. The molecular formula is C24H16Cl2IN3O3. The van der Waals surface area contributed by atoms with E-state index >= 15 is 0 Å². The minimum absolute atomic E-state index is 0.0417. The van der Waals surface area contributed by atoms with Crippen LogP contribution in [0, 0.1) is 14.9 Å². The summed E-state index contributed by atoms with van der Waals surface area (Å²) in [5.74, 6) is -0.459. The van der Waals surface area contributed by atoms with Gasteiger partial charge in [0.25, 0.3) is 11.8 Å². The summed E-state index contributed by atoms with van der Waals surface area (Å²) in [6.07, 6.45) is 1.47. The van der Waals surface area contributed by atoms with E-state index in [1.807, 2.05) is 18.2 Å². The standard InChI is InChI=1S/C24H16Cl2IN3O3/c25-17-3-10-21(26)22(12-17)30-23(31)14-33-20-8-1-15(2-9-20)11-16(13-28)24(32)29-19-6-4-18(27)5-7-19/h1-12H,14H2,(H,29,32)(H,30,31)/b16-11-. The van der Waals surface area contributed by atoms with Gasteiger partial charge in [0.2, 0.25) is 0 Å². The third kappa shape index (κ3) is 7.49. The molecule has 0 saturated carbocycles. The molecule has 0 fully saturated rings. The number of amides is 2. The van der Waals surface area contributed by atoms with Gasteiger partial charge in [-0.25, -0.2) is 0 Å². The van der Waals surface area contributed by atoms with Crippen LogP contribution in [0.25, 0.3) is 6.08 Å². The highest BCUT2D eigenvalue weighted by Crippen LogP contribution is 2.25. The third-order valence-electron chi connectivity index (χ3n) is 4.23. The fraction of sp³-hybridized carbons (Fsp3) is 0.0417. The second-order valence-electron chi connectivity index (χ2n) is 6.66. The Labute approximate surface area is 214 Å². The zero-order valence-electron chi connectivity index (χ0n) is 16.9. The average molecular weight is 592 g/mol. The van der Waals surface area contributed by atoms with Crippen LogP contribution in [0.2, 0.25) is 10.0 Å². The zero-order chi connectivity index (χ0) is 23.8. The van der Waals surface area contributed by atoms with Gasteiger partial charge in [-0.3, -0.25) is 9.59 Å². The lowest BCUT2D eigenvalue weighted by molar-refractivity contribution is -0.118. The molecule has 0 aliphatic carbocycles. The normalized spacial score (nSPS) is 10.8. The highest BCUT2D eigenvalue weighted by Gasteiger charge is 2.10. The predicted molar refractivity (Wildman–Crippen MR) is 138 cm³/mol. The average Bonchev–Trinajstić information content (AvgIpc) is 2.80. The zero-order valence-corrected chi connectivity index (χ0v) is 20.6. The molecule has 166 valence electrons. The third-order valence-corrected chi connectivity index (χ3v) is 5.51. The lowest BCUT2D eigenvalue weighted by Gasteiger charge is -2.09. The van der Waals surface area contributed by atoms with Crippen LogP contribution in [-0.2, 0) is 9.59 Å². The molecule has 3 aromatic carbocycles. The van der Waals surface area contributed by atoms with E-state index in [-0.39, 0.29) is 12.2 Å². The smallest absolute Gasteiger partial charge is 0.266 e. The lowest BCUT2D eigenvalue weighted by Crippen LogP contribution is -2.20. The first-order valence-corrected chi connectivity index (χ1v) is 11.3. The van der Waals surface area contributed by atoms with Crippen molar-refractivity contribution in [2.75, 3.05) is 17.2 Å². The molecule has 9 heteroatoms. The van der Waals surface area contributed by atoms with Crippen LogP contribution in [0.5, 0.6) is 5.75 Å². The van der Waals surface area contributed by atoms with E-state index in [4.69, 9.17) is 27.9 Å². The Morgan fingerprint density at radius 1 is 1.00 bits per heavy atom. The summed E-state index contributed by atoms with van der Waals surface area (Å²) < 4.78 is 6.52. The van der Waals surface area contributed by atoms with Crippen LogP contribution in [0.1, 0.15) is 5.56 Å². The number of anilines is 2. The molecule has 33 heavy (non-hydrogen) atoms. The summed E-state index contributed by atoms with van der Waals surface area (Å²) in [7, 11) is 0. The molecule has 2 amide bonds. The van der Waals surface area contributed by atoms with Crippen LogP contribution < -0.4 is 15.4 Å². The van der Waals surface area contributed by atoms with Gasteiger partial charge in [-0.15, -0.1) is 0 Å². The van der Waals surface area contributed by atoms with Crippen LogP contribution in [0.15, 0.2) is 72.3 Å². The van der Waals surface area contributed by atoms with Gasteiger partial charge in [0.1, 0.15) is 17.4 Å². The lowest BCUT2D eigenvalue weighted by atomic mass is 10.1. The van der Waals surface area contributed by atoms with E-state index in [1.165, 1.54) is 6.08 Å². The summed E-state index contributed by atoms with van der Waals surface area (Å²) in [4.78, 5) is 24.5. The van der Waals surface area contributed by atoms with Crippen LogP contribution in [0.3, 0.4) is 0 Å². The molecule has 3 aromatic rings. The SMILES string of the molecule is N#C/C(=C/c1ccc(OCC(=O)Nc2cc(Cl)ccc2Cl)cc1)C(=O)Nc1ccc(I)cc1. The van der Waals surface area contributed by atoms with Gasteiger partial charge in [-0.05, 0) is 88.8 Å². The van der Waals surface area contributed by atoms with Crippen LogP contribution in [0.4, 0.5) is 11.4 Å². The first-order chi connectivity index (χ1) is 15.8. The number of rotatable bonds is 7. The maximum absolute atomic E-state index is 12.4. The molecule has 0 atom stereocenters. The predicted octanol–water partition coefficient (Wildman–Crippen LogP) is 6.16. The molecule has 0 heterocycles. The molecule has 0 spiro atoms. The Morgan fingerprint density at radius 3 is 2.36 bits per heavy atom. The number of nitrogens with one attached hydrogen (secondary N) is 2. The van der Waals surface area contributed by atoms with Crippen molar-refractivity contribution < 1.29 is 14.3 Å². The monoisotopic (exact) mass is 591 g/mol. The minimum Gasteiger partial charge on any atom is -0.484 e. The maximum atomic E-state index is 12.4. The number of hydrogen-bond acceptors (Lipinski definition) is 4. The Hall–Kier alpha value is -3.06. The van der Waals surface area contributed by atoms with Gasteiger partial charge >= 0.3 is 0 Å². The van der Waals surface area contributed by atoms with E-state index in [0.717, 1.165) is 3.57 Å². The van der Waals surface area contributed by atoms with E-state index in [2.05, 4.69) is 33.2 Å². The second-order valence-corrected chi connectivity index (χ2v) is 8.75. The largest absolute Gasteiger partial charge is 0.484 e. The highest BCUT2D eigenvalue weighted by atomic mass is 127. The van der Waals surface area contributed by atoms with Crippen molar-refractivity contribution in [3.8, 4) is 11.8 Å². The van der Waals surface area contributed by atoms with E-state index in [1.54, 1.807) is 54.6 Å². The number of halogens is 3. The second kappa shape index (κ2) is 11.7. The summed E-state index contributed by atoms with van der Waals surface area (Å²) in [5.41, 5.74) is 1.58. The number of hydrogen-bond donors (Lipinski definition) is 2. The Balaban J connectivity index is 1.58. The van der Waals surface area contributed by atoms with Gasteiger partial charge in [0.05, 0.1) is 10.7 Å². The summed E-state index contributed by atoms with van der Waals surface area (Å²) >= 11 is 14.1. The number of carbonyl (C=O) groups is 2. The minimum atomic E-state index is -0.504. The molecule has 0 unspecified atom stereocenters. The van der Waals surface area contributed by atoms with Gasteiger partial charge in [-0.1, -0.05) is 35.3 Å². The molecule has 3 rings (SSSR count). The number of nitriles is 1. The summed E-state index contributed by atoms with van der Waals surface area (Å²) in [6, 6.07) is 20.5. The molecule has 0 aliphatic heterocycles. The van der Waals surface area contributed by atoms with Crippen molar-refractivity contribution in [3.63, 3.8) is 0 Å². The van der Waals surface area contributed by atoms with Crippen molar-refractivity contribution in [2.45, 2.75) is 0 Å². The number of carbonyl (C=O) groups excluding carboxylic acids is 2. The van der Waals surface area contributed by atoms with Gasteiger partial charge in [0, 0.05) is 14.3 Å². The molecular weight excluding hydrogens is 576 g/mol. The molecule has 6 nitrogen and oxygen atoms in total. The Kier molecular flexibility index (Phi) is 8.72. The fourth-order valence-corrected chi connectivity index (χ4v) is 3.33. The van der Waals surface area contributed by atoms with E-state index in [0.29, 0.717) is 32.7 Å². The maximum Gasteiger partial charge on any atom is 0.266 e. The Morgan fingerprint density at radius 2 is 1.70 bits per heavy atom. The molecule has 0 aliphatic rings. The molecule has 0 bridgehead atoms. The first-order valence-electron chi connectivity index (χ1n) is 9.50. The molecule has 0 aromatic heterocycles. The fourth-order valence-electron chi connectivity index (χ4n) is 2.64.